The molecule has 2 heterocycles. The molecular weight excluding hydrogens is 264 g/mol. The Balaban J connectivity index is 2.19. The van der Waals surface area contributed by atoms with E-state index in [0.29, 0.717) is 0 Å². The molecule has 0 saturated heterocycles. The number of aromatic amines is 1. The average Bonchev–Trinajstić information content (AvgIpc) is 2.81. The first-order chi connectivity index (χ1) is 8.66. The molecule has 94 valence electrons. The summed E-state index contributed by atoms with van der Waals surface area (Å²) in [7, 11) is 0. The standard InChI is InChI=1S/C9H7F2N5OS/c10-8(11)18-7-5(2-1-3-12-7)6(17)15-9-13-4-14-16-9/h1-4,8H,(H2,13,14,15,16,17). The molecule has 0 aliphatic carbocycles. The summed E-state index contributed by atoms with van der Waals surface area (Å²) in [5, 5.41) is 8.33. The monoisotopic (exact) mass is 271 g/mol. The van der Waals surface area contributed by atoms with Crippen molar-refractivity contribution in [3.63, 3.8) is 0 Å². The zero-order valence-electron chi connectivity index (χ0n) is 8.80. The number of carbonyl (C=O) groups excluding carboxylic acids is 1. The summed E-state index contributed by atoms with van der Waals surface area (Å²) >= 11 is 0.214. The van der Waals surface area contributed by atoms with Crippen LogP contribution >= 0.6 is 11.8 Å². The molecule has 0 aliphatic rings. The van der Waals surface area contributed by atoms with E-state index in [1.165, 1.54) is 24.7 Å². The van der Waals surface area contributed by atoms with Crippen LogP contribution in [0.2, 0.25) is 0 Å². The second-order valence-electron chi connectivity index (χ2n) is 3.02. The van der Waals surface area contributed by atoms with Gasteiger partial charge in [-0.2, -0.15) is 18.9 Å². The lowest BCUT2D eigenvalue weighted by atomic mass is 10.3. The molecule has 9 heteroatoms. The molecule has 0 aliphatic heterocycles. The van der Waals surface area contributed by atoms with Gasteiger partial charge in [-0.05, 0) is 23.9 Å². The third-order valence-electron chi connectivity index (χ3n) is 1.86. The van der Waals surface area contributed by atoms with E-state index in [1.807, 2.05) is 0 Å². The van der Waals surface area contributed by atoms with E-state index < -0.39 is 11.7 Å². The fourth-order valence-corrected chi connectivity index (χ4v) is 1.76. The topological polar surface area (TPSA) is 83.6 Å². The van der Waals surface area contributed by atoms with Crippen LogP contribution in [0.5, 0.6) is 0 Å². The molecule has 0 unspecified atom stereocenters. The summed E-state index contributed by atoms with van der Waals surface area (Å²) in [6.45, 7) is 0. The Hall–Kier alpha value is -2.03. The molecular formula is C9H7F2N5OS. The number of carbonyl (C=O) groups is 1. The van der Waals surface area contributed by atoms with Crippen molar-refractivity contribution < 1.29 is 13.6 Å². The Morgan fingerprint density at radius 1 is 1.44 bits per heavy atom. The lowest BCUT2D eigenvalue weighted by Gasteiger charge is -2.06. The van der Waals surface area contributed by atoms with E-state index in [-0.39, 0.29) is 28.3 Å². The highest BCUT2D eigenvalue weighted by Crippen LogP contribution is 2.26. The Morgan fingerprint density at radius 3 is 2.94 bits per heavy atom. The molecule has 0 bridgehead atoms. The molecule has 1 amide bonds. The number of pyridine rings is 1. The van der Waals surface area contributed by atoms with Crippen LogP contribution in [0.3, 0.4) is 0 Å². The minimum absolute atomic E-state index is 0.0375. The highest BCUT2D eigenvalue weighted by Gasteiger charge is 2.17. The summed E-state index contributed by atoms with van der Waals surface area (Å²) < 4.78 is 24.6. The van der Waals surface area contributed by atoms with E-state index in [4.69, 9.17) is 0 Å². The van der Waals surface area contributed by atoms with E-state index in [2.05, 4.69) is 25.5 Å². The van der Waals surface area contributed by atoms with Crippen molar-refractivity contribution in [3.05, 3.63) is 30.2 Å². The maximum Gasteiger partial charge on any atom is 0.290 e. The lowest BCUT2D eigenvalue weighted by molar-refractivity contribution is 0.102. The van der Waals surface area contributed by atoms with Gasteiger partial charge in [0.25, 0.3) is 11.7 Å². The number of H-pyrrole nitrogens is 1. The van der Waals surface area contributed by atoms with Crippen molar-refractivity contribution in [2.45, 2.75) is 10.8 Å². The Labute approximate surface area is 104 Å². The van der Waals surface area contributed by atoms with Crippen LogP contribution in [-0.4, -0.2) is 31.8 Å². The van der Waals surface area contributed by atoms with E-state index in [0.717, 1.165) is 0 Å². The lowest BCUT2D eigenvalue weighted by Crippen LogP contribution is -2.14. The molecule has 0 saturated carbocycles. The summed E-state index contributed by atoms with van der Waals surface area (Å²) in [4.78, 5) is 19.3. The van der Waals surface area contributed by atoms with Gasteiger partial charge < -0.3 is 0 Å². The Bertz CT molecular complexity index is 534. The fraction of sp³-hybridized carbons (Fsp3) is 0.111. The van der Waals surface area contributed by atoms with Crippen LogP contribution < -0.4 is 5.32 Å². The van der Waals surface area contributed by atoms with Gasteiger partial charge in [-0.15, -0.1) is 0 Å². The van der Waals surface area contributed by atoms with Crippen LogP contribution in [0, 0.1) is 0 Å². The molecule has 6 nitrogen and oxygen atoms in total. The number of anilines is 1. The molecule has 2 aromatic heterocycles. The maximum absolute atomic E-state index is 12.3. The highest BCUT2D eigenvalue weighted by atomic mass is 32.2. The van der Waals surface area contributed by atoms with Crippen molar-refractivity contribution in [1.82, 2.24) is 20.2 Å². The quantitative estimate of drug-likeness (QED) is 0.828. The van der Waals surface area contributed by atoms with Crippen LogP contribution in [0.1, 0.15) is 10.4 Å². The minimum atomic E-state index is -2.64. The normalized spacial score (nSPS) is 10.6. The average molecular weight is 271 g/mol. The molecule has 0 radical (unpaired) electrons. The molecule has 2 N–H and O–H groups in total. The first kappa shape index (κ1) is 12.4. The number of halogens is 2. The van der Waals surface area contributed by atoms with Gasteiger partial charge in [0.05, 0.1) is 5.56 Å². The second-order valence-corrected chi connectivity index (χ2v) is 4.00. The van der Waals surface area contributed by atoms with Crippen LogP contribution in [0.15, 0.2) is 29.7 Å². The minimum Gasteiger partial charge on any atom is -0.291 e. The molecule has 0 fully saturated rings. The summed E-state index contributed by atoms with van der Waals surface area (Å²) in [5.41, 5.74) is 0.0548. The van der Waals surface area contributed by atoms with Gasteiger partial charge in [0.2, 0.25) is 5.95 Å². The third kappa shape index (κ3) is 3.00. The van der Waals surface area contributed by atoms with Gasteiger partial charge in [0.1, 0.15) is 11.4 Å². The Morgan fingerprint density at radius 2 is 2.28 bits per heavy atom. The van der Waals surface area contributed by atoms with Crippen LogP contribution in [-0.2, 0) is 0 Å². The largest absolute Gasteiger partial charge is 0.291 e. The molecule has 2 aromatic rings. The van der Waals surface area contributed by atoms with Crippen molar-refractivity contribution in [2.24, 2.45) is 0 Å². The maximum atomic E-state index is 12.3. The SMILES string of the molecule is O=C(Nc1ncn[nH]1)c1cccnc1SC(F)F. The summed E-state index contributed by atoms with van der Waals surface area (Å²) in [5.74, 6) is -3.09. The predicted molar refractivity (Wildman–Crippen MR) is 60.4 cm³/mol. The first-order valence-electron chi connectivity index (χ1n) is 4.73. The smallest absolute Gasteiger partial charge is 0.290 e. The third-order valence-corrected chi connectivity index (χ3v) is 2.59. The van der Waals surface area contributed by atoms with Crippen molar-refractivity contribution in [2.75, 3.05) is 5.32 Å². The van der Waals surface area contributed by atoms with Gasteiger partial charge in [0, 0.05) is 6.20 Å². The van der Waals surface area contributed by atoms with Crippen LogP contribution in [0.25, 0.3) is 0 Å². The molecule has 0 aromatic carbocycles. The molecule has 18 heavy (non-hydrogen) atoms. The zero-order chi connectivity index (χ0) is 13.0. The van der Waals surface area contributed by atoms with Crippen molar-refractivity contribution in [3.8, 4) is 0 Å². The molecule has 0 spiro atoms. The number of rotatable bonds is 4. The van der Waals surface area contributed by atoms with E-state index in [1.54, 1.807) is 0 Å². The number of nitrogens with one attached hydrogen (secondary N) is 2. The molecule has 2 rings (SSSR count). The van der Waals surface area contributed by atoms with Gasteiger partial charge in [-0.3, -0.25) is 10.1 Å². The van der Waals surface area contributed by atoms with Gasteiger partial charge in [-0.1, -0.05) is 0 Å². The van der Waals surface area contributed by atoms with Gasteiger partial charge in [-0.25, -0.2) is 10.1 Å². The number of aromatic nitrogens is 4. The number of hydrogen-bond acceptors (Lipinski definition) is 5. The number of alkyl halides is 2. The van der Waals surface area contributed by atoms with Gasteiger partial charge >= 0.3 is 0 Å². The summed E-state index contributed by atoms with van der Waals surface area (Å²) in [6, 6.07) is 2.90. The van der Waals surface area contributed by atoms with E-state index >= 15 is 0 Å². The fourth-order valence-electron chi connectivity index (χ4n) is 1.18. The summed E-state index contributed by atoms with van der Waals surface area (Å²) in [6.07, 6.45) is 2.56. The number of hydrogen-bond donors (Lipinski definition) is 2. The van der Waals surface area contributed by atoms with Crippen molar-refractivity contribution in [1.29, 1.82) is 0 Å². The number of nitrogens with zero attached hydrogens (tertiary/aromatic N) is 3. The van der Waals surface area contributed by atoms with Gasteiger partial charge in [0.15, 0.2) is 0 Å². The predicted octanol–water partition coefficient (Wildman–Crippen LogP) is 1.77. The molecule has 0 atom stereocenters. The second kappa shape index (κ2) is 5.54. The zero-order valence-corrected chi connectivity index (χ0v) is 9.62. The number of amides is 1. The highest BCUT2D eigenvalue weighted by molar-refractivity contribution is 7.99. The Kier molecular flexibility index (Phi) is 3.82. The first-order valence-corrected chi connectivity index (χ1v) is 5.61. The number of thioether (sulfide) groups is 1. The van der Waals surface area contributed by atoms with E-state index in [9.17, 15) is 13.6 Å². The van der Waals surface area contributed by atoms with Crippen LogP contribution in [0.4, 0.5) is 14.7 Å². The van der Waals surface area contributed by atoms with Crippen molar-refractivity contribution >= 4 is 23.6 Å².